The first kappa shape index (κ1) is 21.5. The molecule has 1 saturated heterocycles. The van der Waals surface area contributed by atoms with Gasteiger partial charge < -0.3 is 20.9 Å². The maximum Gasteiger partial charge on any atom is 0.251 e. The molecule has 1 aromatic heterocycles. The number of aromatic nitrogens is 1. The predicted molar refractivity (Wildman–Crippen MR) is 117 cm³/mol. The summed E-state index contributed by atoms with van der Waals surface area (Å²) in [4.78, 5) is 22.5. The second-order valence-corrected chi connectivity index (χ2v) is 7.27. The van der Waals surface area contributed by atoms with Gasteiger partial charge in [-0.05, 0) is 42.7 Å². The third-order valence-corrected chi connectivity index (χ3v) is 4.98. The highest BCUT2D eigenvalue weighted by atomic mass is 19.1. The highest BCUT2D eigenvalue weighted by molar-refractivity contribution is 5.94. The molecule has 1 aromatic carbocycles. The van der Waals surface area contributed by atoms with Gasteiger partial charge in [-0.15, -0.1) is 0 Å². The molecule has 1 fully saturated rings. The highest BCUT2D eigenvalue weighted by Gasteiger charge is 2.25. The average molecular weight is 413 g/mol. The Morgan fingerprint density at radius 2 is 2.17 bits per heavy atom. The van der Waals surface area contributed by atoms with E-state index >= 15 is 0 Å². The number of nitrogens with one attached hydrogen (secondary N) is 3. The monoisotopic (exact) mass is 412 g/mol. The minimum Gasteiger partial charge on any atom is -0.352 e. The van der Waals surface area contributed by atoms with E-state index in [2.05, 4.69) is 25.9 Å². The van der Waals surface area contributed by atoms with Crippen molar-refractivity contribution in [2.45, 2.75) is 32.4 Å². The number of pyridine rings is 1. The van der Waals surface area contributed by atoms with Crippen molar-refractivity contribution >= 4 is 17.7 Å². The first-order valence-corrected chi connectivity index (χ1v) is 10.3. The van der Waals surface area contributed by atoms with Crippen LogP contribution in [-0.4, -0.2) is 49.6 Å². The Bertz CT molecular complexity index is 887. The van der Waals surface area contributed by atoms with Crippen molar-refractivity contribution in [3.63, 3.8) is 0 Å². The van der Waals surface area contributed by atoms with Crippen LogP contribution in [0.15, 0.2) is 47.6 Å². The van der Waals surface area contributed by atoms with E-state index in [-0.39, 0.29) is 17.8 Å². The number of aliphatic imine (C=N–C) groups is 1. The van der Waals surface area contributed by atoms with Crippen LogP contribution >= 0.6 is 0 Å². The molecular weight excluding hydrogens is 383 g/mol. The lowest BCUT2D eigenvalue weighted by molar-refractivity contribution is 0.0953. The molecule has 1 atom stereocenters. The SMILES string of the molecule is CCCNC(=O)c1cccc(CNC(=NC)NC2CCN(c3ncccc3F)C2)c1. The van der Waals surface area contributed by atoms with Gasteiger partial charge in [-0.25, -0.2) is 9.37 Å². The number of nitrogens with zero attached hydrogens (tertiary/aromatic N) is 3. The Morgan fingerprint density at radius 3 is 2.93 bits per heavy atom. The smallest absolute Gasteiger partial charge is 0.251 e. The zero-order valence-corrected chi connectivity index (χ0v) is 17.5. The van der Waals surface area contributed by atoms with E-state index in [1.165, 1.54) is 6.07 Å². The second kappa shape index (κ2) is 10.6. The van der Waals surface area contributed by atoms with Crippen molar-refractivity contribution in [1.82, 2.24) is 20.9 Å². The van der Waals surface area contributed by atoms with Crippen LogP contribution in [0.4, 0.5) is 10.2 Å². The molecule has 0 bridgehead atoms. The van der Waals surface area contributed by atoms with Crippen molar-refractivity contribution in [2.24, 2.45) is 4.99 Å². The molecule has 0 saturated carbocycles. The van der Waals surface area contributed by atoms with E-state index in [1.54, 1.807) is 19.3 Å². The van der Waals surface area contributed by atoms with Gasteiger partial charge in [0.15, 0.2) is 17.6 Å². The van der Waals surface area contributed by atoms with Crippen LogP contribution in [0.5, 0.6) is 0 Å². The largest absolute Gasteiger partial charge is 0.352 e. The summed E-state index contributed by atoms with van der Waals surface area (Å²) in [5, 5.41) is 9.56. The van der Waals surface area contributed by atoms with Gasteiger partial charge in [0.25, 0.3) is 5.91 Å². The van der Waals surface area contributed by atoms with Crippen molar-refractivity contribution in [3.8, 4) is 0 Å². The quantitative estimate of drug-likeness (QED) is 0.480. The van der Waals surface area contributed by atoms with Crippen LogP contribution in [0.25, 0.3) is 0 Å². The molecule has 1 aliphatic rings. The van der Waals surface area contributed by atoms with E-state index in [0.29, 0.717) is 37.0 Å². The summed E-state index contributed by atoms with van der Waals surface area (Å²) in [6.45, 7) is 4.62. The molecule has 2 heterocycles. The second-order valence-electron chi connectivity index (χ2n) is 7.27. The molecule has 30 heavy (non-hydrogen) atoms. The molecule has 0 radical (unpaired) electrons. The molecule has 1 amide bonds. The number of guanidine groups is 1. The van der Waals surface area contributed by atoms with E-state index in [1.807, 2.05) is 36.1 Å². The molecule has 7 nitrogen and oxygen atoms in total. The van der Waals surface area contributed by atoms with Gasteiger partial charge in [-0.3, -0.25) is 9.79 Å². The first-order chi connectivity index (χ1) is 14.6. The zero-order chi connectivity index (χ0) is 21.3. The van der Waals surface area contributed by atoms with Gasteiger partial charge in [0.05, 0.1) is 0 Å². The summed E-state index contributed by atoms with van der Waals surface area (Å²) in [5.74, 6) is 0.699. The van der Waals surface area contributed by atoms with E-state index in [0.717, 1.165) is 24.9 Å². The van der Waals surface area contributed by atoms with Gasteiger partial charge in [0, 0.05) is 51.0 Å². The predicted octanol–water partition coefficient (Wildman–Crippen LogP) is 2.30. The van der Waals surface area contributed by atoms with Gasteiger partial charge >= 0.3 is 0 Å². The van der Waals surface area contributed by atoms with Gasteiger partial charge in [-0.2, -0.15) is 0 Å². The Balaban J connectivity index is 1.52. The summed E-state index contributed by atoms with van der Waals surface area (Å²) in [7, 11) is 1.72. The van der Waals surface area contributed by atoms with Crippen LogP contribution in [0.3, 0.4) is 0 Å². The Labute approximate surface area is 176 Å². The van der Waals surface area contributed by atoms with Crippen LogP contribution in [0.2, 0.25) is 0 Å². The molecule has 3 rings (SSSR count). The number of amides is 1. The average Bonchev–Trinajstić information content (AvgIpc) is 3.23. The molecule has 1 unspecified atom stereocenters. The lowest BCUT2D eigenvalue weighted by Gasteiger charge is -2.20. The minimum atomic E-state index is -0.302. The Hall–Kier alpha value is -3.16. The number of carbonyl (C=O) groups excluding carboxylic acids is 1. The molecule has 8 heteroatoms. The number of benzene rings is 1. The van der Waals surface area contributed by atoms with E-state index in [9.17, 15) is 9.18 Å². The summed E-state index contributed by atoms with van der Waals surface area (Å²) >= 11 is 0. The molecule has 3 N–H and O–H groups in total. The molecule has 160 valence electrons. The van der Waals surface area contributed by atoms with Gasteiger partial charge in [0.1, 0.15) is 0 Å². The third-order valence-electron chi connectivity index (χ3n) is 4.98. The number of hydrogen-bond acceptors (Lipinski definition) is 4. The van der Waals surface area contributed by atoms with Crippen LogP contribution in [0.1, 0.15) is 35.7 Å². The topological polar surface area (TPSA) is 81.6 Å². The van der Waals surface area contributed by atoms with Gasteiger partial charge in [-0.1, -0.05) is 19.1 Å². The number of halogens is 1. The zero-order valence-electron chi connectivity index (χ0n) is 17.5. The number of anilines is 1. The fourth-order valence-electron chi connectivity index (χ4n) is 3.42. The van der Waals surface area contributed by atoms with Crippen molar-refractivity contribution in [3.05, 3.63) is 59.5 Å². The number of carbonyl (C=O) groups is 1. The molecule has 2 aromatic rings. The van der Waals surface area contributed by atoms with Crippen LogP contribution < -0.4 is 20.9 Å². The van der Waals surface area contributed by atoms with Crippen molar-refractivity contribution in [2.75, 3.05) is 31.6 Å². The highest BCUT2D eigenvalue weighted by Crippen LogP contribution is 2.20. The summed E-state index contributed by atoms with van der Waals surface area (Å²) in [6.07, 6.45) is 3.38. The molecule has 0 aliphatic carbocycles. The van der Waals surface area contributed by atoms with E-state index in [4.69, 9.17) is 0 Å². The van der Waals surface area contributed by atoms with Crippen LogP contribution in [-0.2, 0) is 6.54 Å². The lowest BCUT2D eigenvalue weighted by atomic mass is 10.1. The molecule has 1 aliphatic heterocycles. The molecule has 0 spiro atoms. The van der Waals surface area contributed by atoms with Crippen molar-refractivity contribution in [1.29, 1.82) is 0 Å². The first-order valence-electron chi connectivity index (χ1n) is 10.3. The number of rotatable bonds is 7. The summed E-state index contributed by atoms with van der Waals surface area (Å²) < 4.78 is 14.0. The summed E-state index contributed by atoms with van der Waals surface area (Å²) in [6, 6.07) is 10.7. The fourth-order valence-corrected chi connectivity index (χ4v) is 3.42. The lowest BCUT2D eigenvalue weighted by Crippen LogP contribution is -2.44. The van der Waals surface area contributed by atoms with Gasteiger partial charge in [0.2, 0.25) is 0 Å². The Morgan fingerprint density at radius 1 is 1.30 bits per heavy atom. The normalized spacial score (nSPS) is 16.4. The fraction of sp³-hybridized carbons (Fsp3) is 0.409. The standard InChI is InChI=1S/C22H29FN6O/c1-3-10-26-21(30)17-7-4-6-16(13-17)14-27-22(24-2)28-18-9-12-29(15-18)20-19(23)8-5-11-25-20/h4-8,11,13,18H,3,9-10,12,14-15H2,1-2H3,(H,26,30)(H2,24,27,28). The maximum atomic E-state index is 14.0. The van der Waals surface area contributed by atoms with Crippen molar-refractivity contribution < 1.29 is 9.18 Å². The van der Waals surface area contributed by atoms with Crippen LogP contribution in [0, 0.1) is 5.82 Å². The minimum absolute atomic E-state index is 0.0611. The van der Waals surface area contributed by atoms with E-state index < -0.39 is 0 Å². The Kier molecular flexibility index (Phi) is 7.59. The maximum absolute atomic E-state index is 14.0. The summed E-state index contributed by atoms with van der Waals surface area (Å²) in [5.41, 5.74) is 1.64. The number of hydrogen-bond donors (Lipinski definition) is 3. The third kappa shape index (κ3) is 5.68. The molecular formula is C22H29FN6O.